The highest BCUT2D eigenvalue weighted by Crippen LogP contribution is 2.27. The number of nitrogens with zero attached hydrogens (tertiary/aromatic N) is 1. The average Bonchev–Trinajstić information content (AvgIpc) is 2.58. The third kappa shape index (κ3) is 1.35. The number of para-hydroxylation sites is 1. The third-order valence-corrected chi connectivity index (χ3v) is 4.62. The van der Waals surface area contributed by atoms with Gasteiger partial charge in [-0.2, -0.15) is 0 Å². The zero-order valence-corrected chi connectivity index (χ0v) is 9.86. The van der Waals surface area contributed by atoms with Crippen LogP contribution in [0, 0.1) is 0 Å². The summed E-state index contributed by atoms with van der Waals surface area (Å²) in [7, 11) is 0. The fraction of sp³-hybridized carbons (Fsp3) is 0.182. The Labute approximate surface area is 93.4 Å². The van der Waals surface area contributed by atoms with Crippen molar-refractivity contribution in [3.8, 4) is 0 Å². The molecule has 0 aliphatic carbocycles. The van der Waals surface area contributed by atoms with E-state index in [-0.39, 0.29) is 20.7 Å². The Balaban J connectivity index is 2.01. The van der Waals surface area contributed by atoms with Crippen LogP contribution < -0.4 is 5.32 Å². The summed E-state index contributed by atoms with van der Waals surface area (Å²) < 4.78 is 4.77. The molecule has 1 aromatic rings. The maximum Gasteiger partial charge on any atom is 0.0558 e. The van der Waals surface area contributed by atoms with E-state index >= 15 is 0 Å². The molecule has 2 nitrogen and oxygen atoms in total. The first-order valence-electron chi connectivity index (χ1n) is 4.66. The lowest BCUT2D eigenvalue weighted by atomic mass is 10.2. The van der Waals surface area contributed by atoms with E-state index in [1.165, 1.54) is 16.9 Å². The van der Waals surface area contributed by atoms with Gasteiger partial charge in [-0.1, -0.05) is 38.9 Å². The molecule has 2 aliphatic heterocycles. The number of halogens is 1. The van der Waals surface area contributed by atoms with Gasteiger partial charge in [-0.25, -0.2) is 0 Å². The lowest BCUT2D eigenvalue weighted by molar-refractivity contribution is 0.537. The maximum atomic E-state index is 3.48. The number of hydrogen-bond donors (Lipinski definition) is 1. The number of benzene rings is 1. The first-order chi connectivity index (χ1) is 6.93. The van der Waals surface area contributed by atoms with Crippen LogP contribution in [0.25, 0.3) is 0 Å². The Kier molecular flexibility index (Phi) is 2.05. The predicted octanol–water partition coefficient (Wildman–Crippen LogP) is 2.50. The summed E-state index contributed by atoms with van der Waals surface area (Å²) in [6, 6.07) is 8.57. The Bertz CT molecular complexity index is 423. The van der Waals surface area contributed by atoms with Gasteiger partial charge in [0.1, 0.15) is 0 Å². The molecule has 0 bridgehead atoms. The van der Waals surface area contributed by atoms with E-state index in [4.69, 9.17) is 0 Å². The highest BCUT2D eigenvalue weighted by Gasteiger charge is 2.16. The zero-order chi connectivity index (χ0) is 9.38. The van der Waals surface area contributed by atoms with Crippen LogP contribution in [0.15, 0.2) is 34.0 Å². The molecule has 0 saturated carbocycles. The van der Waals surface area contributed by atoms with Crippen molar-refractivity contribution in [2.45, 2.75) is 6.54 Å². The molecule has 2 aliphatic rings. The fourth-order valence-corrected chi connectivity index (χ4v) is 3.87. The summed E-state index contributed by atoms with van der Waals surface area (Å²) in [4.78, 5) is 2.39. The van der Waals surface area contributed by atoms with Crippen LogP contribution in [0.2, 0.25) is 0 Å². The lowest BCUT2D eigenvalue weighted by Crippen LogP contribution is -2.18. The minimum absolute atomic E-state index is 0.185. The minimum Gasteiger partial charge on any atom is -0.379 e. The summed E-state index contributed by atoms with van der Waals surface area (Å²) >= 11 is 0.185. The van der Waals surface area contributed by atoms with Gasteiger partial charge in [-0.3, -0.25) is 0 Å². The summed E-state index contributed by atoms with van der Waals surface area (Å²) in [5.74, 6) is 0. The van der Waals surface area contributed by atoms with Crippen LogP contribution in [0.5, 0.6) is 0 Å². The molecular weight excluding hydrogens is 287 g/mol. The largest absolute Gasteiger partial charge is 0.379 e. The fourth-order valence-electron chi connectivity index (χ4n) is 1.77. The van der Waals surface area contributed by atoms with Crippen molar-refractivity contribution in [1.29, 1.82) is 0 Å². The minimum atomic E-state index is 0.185. The second kappa shape index (κ2) is 3.38. The molecule has 3 heteroatoms. The van der Waals surface area contributed by atoms with Crippen molar-refractivity contribution in [3.05, 3.63) is 39.6 Å². The molecule has 0 amide bonds. The molecule has 2 heterocycles. The van der Waals surface area contributed by atoms with Crippen LogP contribution in [0.4, 0.5) is 5.69 Å². The Morgan fingerprint density at radius 2 is 2.21 bits per heavy atom. The van der Waals surface area contributed by atoms with Crippen LogP contribution >= 0.6 is 20.7 Å². The molecule has 1 N–H and O–H groups in total. The highest BCUT2D eigenvalue weighted by atomic mass is 127. The van der Waals surface area contributed by atoms with Gasteiger partial charge in [0.2, 0.25) is 0 Å². The molecule has 0 unspecified atom stereocenters. The summed E-state index contributed by atoms with van der Waals surface area (Å²) in [5, 5.41) is 3.48. The van der Waals surface area contributed by atoms with Gasteiger partial charge < -0.3 is 10.2 Å². The molecule has 3 rings (SSSR count). The van der Waals surface area contributed by atoms with Crippen molar-refractivity contribution in [2.75, 3.05) is 11.9 Å². The van der Waals surface area contributed by atoms with E-state index in [9.17, 15) is 0 Å². The first kappa shape index (κ1) is 8.47. The molecule has 0 fully saturated rings. The molecule has 0 radical (unpaired) electrons. The first-order valence-corrected chi connectivity index (χ1v) is 7.15. The SMILES string of the molecule is C1=IC=C2CNc3ccccc3CN12. The van der Waals surface area contributed by atoms with Gasteiger partial charge in [-0.15, -0.1) is 0 Å². The van der Waals surface area contributed by atoms with Crippen molar-refractivity contribution in [3.63, 3.8) is 0 Å². The van der Waals surface area contributed by atoms with Crippen LogP contribution in [0.1, 0.15) is 5.56 Å². The van der Waals surface area contributed by atoms with Gasteiger partial charge in [0, 0.05) is 22.1 Å². The van der Waals surface area contributed by atoms with Crippen molar-refractivity contribution < 1.29 is 0 Å². The van der Waals surface area contributed by atoms with E-state index in [0.29, 0.717) is 0 Å². The number of fused-ring (bicyclic) bond motifs is 2. The van der Waals surface area contributed by atoms with Crippen molar-refractivity contribution in [2.24, 2.45) is 0 Å². The number of hydrogen-bond acceptors (Lipinski definition) is 2. The molecule has 0 aromatic heterocycles. The van der Waals surface area contributed by atoms with Gasteiger partial charge >= 0.3 is 0 Å². The second-order valence-corrected chi connectivity index (χ2v) is 5.36. The summed E-state index contributed by atoms with van der Waals surface area (Å²) in [6.07, 6.45) is 0. The van der Waals surface area contributed by atoms with Gasteiger partial charge in [0.15, 0.2) is 0 Å². The molecule has 0 saturated heterocycles. The van der Waals surface area contributed by atoms with Crippen molar-refractivity contribution in [1.82, 2.24) is 4.90 Å². The third-order valence-electron chi connectivity index (χ3n) is 2.55. The van der Waals surface area contributed by atoms with E-state index in [1.807, 2.05) is 0 Å². The quantitative estimate of drug-likeness (QED) is 0.740. The molecule has 0 spiro atoms. The topological polar surface area (TPSA) is 15.3 Å². The number of nitrogens with one attached hydrogen (secondary N) is 1. The number of rotatable bonds is 0. The summed E-state index contributed by atoms with van der Waals surface area (Å²) in [6.45, 7) is 2.02. The maximum absolute atomic E-state index is 3.48. The van der Waals surface area contributed by atoms with Crippen molar-refractivity contribution >= 4 is 30.6 Å². The zero-order valence-electron chi connectivity index (χ0n) is 7.70. The smallest absolute Gasteiger partial charge is 0.0558 e. The molecular formula is C11H11IN2. The summed E-state index contributed by atoms with van der Waals surface area (Å²) in [5.41, 5.74) is 4.14. The van der Waals surface area contributed by atoms with E-state index in [0.717, 1.165) is 13.1 Å². The Hall–Kier alpha value is -0.840. The Morgan fingerprint density at radius 1 is 1.29 bits per heavy atom. The monoisotopic (exact) mass is 298 g/mol. The van der Waals surface area contributed by atoms with Crippen LogP contribution in [0.3, 0.4) is 0 Å². The van der Waals surface area contributed by atoms with E-state index < -0.39 is 0 Å². The number of anilines is 1. The highest BCUT2D eigenvalue weighted by molar-refractivity contribution is 14.2. The van der Waals surface area contributed by atoms with Crippen LogP contribution in [-0.4, -0.2) is 15.6 Å². The van der Waals surface area contributed by atoms with E-state index in [2.05, 4.69) is 42.7 Å². The lowest BCUT2D eigenvalue weighted by Gasteiger charge is -2.15. The van der Waals surface area contributed by atoms with E-state index in [1.54, 1.807) is 0 Å². The van der Waals surface area contributed by atoms with Crippen LogP contribution in [-0.2, 0) is 6.54 Å². The second-order valence-electron chi connectivity index (χ2n) is 3.46. The van der Waals surface area contributed by atoms with Gasteiger partial charge in [0.05, 0.1) is 6.54 Å². The standard InChI is InChI=1S/C11H11IN2/c1-2-4-11-9(3-1)7-14-8-12-5-10(14)6-13-11/h1-5,8,13H,6-7H2. The molecule has 1 aromatic carbocycles. The van der Waals surface area contributed by atoms with Gasteiger partial charge in [-0.05, 0) is 15.7 Å². The molecule has 14 heavy (non-hydrogen) atoms. The molecule has 0 atom stereocenters. The predicted molar refractivity (Wildman–Crippen MR) is 68.6 cm³/mol. The molecule has 72 valence electrons. The van der Waals surface area contributed by atoms with Gasteiger partial charge in [0.25, 0.3) is 0 Å². The average molecular weight is 298 g/mol. The normalized spacial score (nSPS) is 18.6. The Morgan fingerprint density at radius 3 is 3.21 bits per heavy atom.